The monoisotopic (exact) mass is 259 g/mol. The van der Waals surface area contributed by atoms with E-state index in [1.807, 2.05) is 0 Å². The van der Waals surface area contributed by atoms with Crippen molar-refractivity contribution in [3.05, 3.63) is 34.4 Å². The van der Waals surface area contributed by atoms with Crippen LogP contribution in [0.2, 0.25) is 0 Å². The molecule has 0 radical (unpaired) electrons. The molecule has 1 saturated carbocycles. The van der Waals surface area contributed by atoms with Crippen LogP contribution in [0.4, 0.5) is 0 Å². The van der Waals surface area contributed by atoms with Crippen LogP contribution in [-0.2, 0) is 0 Å². The van der Waals surface area contributed by atoms with E-state index in [-0.39, 0.29) is 0 Å². The Morgan fingerprint density at radius 2 is 1.47 bits per heavy atom. The highest BCUT2D eigenvalue weighted by molar-refractivity contribution is 5.38. The van der Waals surface area contributed by atoms with Gasteiger partial charge >= 0.3 is 0 Å². The van der Waals surface area contributed by atoms with Crippen molar-refractivity contribution in [3.8, 4) is 0 Å². The largest absolute Gasteiger partial charge is 0.313 e. The van der Waals surface area contributed by atoms with E-state index in [9.17, 15) is 0 Å². The highest BCUT2D eigenvalue weighted by Gasteiger charge is 2.24. The molecule has 1 aromatic rings. The van der Waals surface area contributed by atoms with E-state index < -0.39 is 0 Å². The summed E-state index contributed by atoms with van der Waals surface area (Å²) >= 11 is 0. The van der Waals surface area contributed by atoms with E-state index in [0.717, 1.165) is 5.92 Å². The third kappa shape index (κ3) is 3.39. The molecule has 1 nitrogen and oxygen atoms in total. The van der Waals surface area contributed by atoms with Gasteiger partial charge in [-0.05, 0) is 68.8 Å². The Balaban J connectivity index is 2.27. The molecule has 0 aromatic heterocycles. The van der Waals surface area contributed by atoms with Gasteiger partial charge in [-0.2, -0.15) is 0 Å². The smallest absolute Gasteiger partial charge is 0.0348 e. The van der Waals surface area contributed by atoms with Gasteiger partial charge in [0.25, 0.3) is 0 Å². The Morgan fingerprint density at radius 3 is 2.05 bits per heavy atom. The van der Waals surface area contributed by atoms with Gasteiger partial charge in [0.1, 0.15) is 0 Å². The van der Waals surface area contributed by atoms with Gasteiger partial charge in [-0.25, -0.2) is 0 Å². The molecule has 0 saturated heterocycles. The van der Waals surface area contributed by atoms with Crippen LogP contribution in [-0.4, -0.2) is 7.05 Å². The average molecular weight is 259 g/mol. The number of hydrogen-bond donors (Lipinski definition) is 1. The number of benzene rings is 1. The summed E-state index contributed by atoms with van der Waals surface area (Å²) in [6, 6.07) is 5.31. The van der Waals surface area contributed by atoms with Crippen LogP contribution < -0.4 is 5.32 Å². The first-order chi connectivity index (χ1) is 9.13. The molecule has 1 fully saturated rings. The van der Waals surface area contributed by atoms with Gasteiger partial charge < -0.3 is 5.32 Å². The lowest BCUT2D eigenvalue weighted by Gasteiger charge is -2.28. The molecule has 0 heterocycles. The van der Waals surface area contributed by atoms with E-state index in [2.05, 4.69) is 45.3 Å². The van der Waals surface area contributed by atoms with Crippen molar-refractivity contribution in [1.29, 1.82) is 0 Å². The zero-order valence-electron chi connectivity index (χ0n) is 13.1. The van der Waals surface area contributed by atoms with Crippen molar-refractivity contribution in [1.82, 2.24) is 5.32 Å². The molecule has 1 atom stereocenters. The molecular formula is C18H29N. The molecule has 1 heteroatoms. The summed E-state index contributed by atoms with van der Waals surface area (Å²) in [6.07, 6.45) is 8.45. The van der Waals surface area contributed by atoms with Crippen molar-refractivity contribution in [3.63, 3.8) is 0 Å². The Morgan fingerprint density at radius 1 is 0.895 bits per heavy atom. The third-order valence-corrected chi connectivity index (χ3v) is 4.90. The van der Waals surface area contributed by atoms with Crippen LogP contribution in [0.1, 0.15) is 66.8 Å². The minimum atomic E-state index is 0.539. The zero-order chi connectivity index (χ0) is 13.8. The van der Waals surface area contributed by atoms with E-state index in [1.165, 1.54) is 60.8 Å². The van der Waals surface area contributed by atoms with Gasteiger partial charge in [0.15, 0.2) is 0 Å². The van der Waals surface area contributed by atoms with Crippen molar-refractivity contribution in [2.24, 2.45) is 5.92 Å². The maximum Gasteiger partial charge on any atom is 0.0348 e. The second-order valence-corrected chi connectivity index (χ2v) is 6.31. The molecule has 1 aliphatic rings. The molecular weight excluding hydrogens is 230 g/mol. The van der Waals surface area contributed by atoms with Gasteiger partial charge in [-0.3, -0.25) is 0 Å². The summed E-state index contributed by atoms with van der Waals surface area (Å²) in [5.41, 5.74) is 5.82. The Bertz CT molecular complexity index is 414. The summed E-state index contributed by atoms with van der Waals surface area (Å²) in [5, 5.41) is 3.60. The number of rotatable bonds is 3. The lowest BCUT2D eigenvalue weighted by molar-refractivity contribution is 0.340. The standard InChI is InChI=1S/C18H29N/c1-13-11-15(3)17(12-14(13)2)18(19-4)16-9-7-5-6-8-10-16/h11-12,16,18-19H,5-10H2,1-4H3. The van der Waals surface area contributed by atoms with Crippen molar-refractivity contribution < 1.29 is 0 Å². The molecule has 19 heavy (non-hydrogen) atoms. The van der Waals surface area contributed by atoms with E-state index in [4.69, 9.17) is 0 Å². The molecule has 0 bridgehead atoms. The summed E-state index contributed by atoms with van der Waals surface area (Å²) in [5.74, 6) is 0.813. The Kier molecular flexibility index (Phi) is 5.04. The van der Waals surface area contributed by atoms with Gasteiger partial charge in [-0.15, -0.1) is 0 Å². The molecule has 1 N–H and O–H groups in total. The van der Waals surface area contributed by atoms with Crippen molar-refractivity contribution in [2.75, 3.05) is 7.05 Å². The number of nitrogens with one attached hydrogen (secondary N) is 1. The van der Waals surface area contributed by atoms with Gasteiger partial charge in [0, 0.05) is 6.04 Å². The first-order valence-corrected chi connectivity index (χ1v) is 7.88. The molecule has 1 unspecified atom stereocenters. The fourth-order valence-electron chi connectivity index (χ4n) is 3.61. The maximum absolute atomic E-state index is 3.60. The predicted octanol–water partition coefficient (Wildman–Crippen LogP) is 4.84. The fraction of sp³-hybridized carbons (Fsp3) is 0.667. The summed E-state index contributed by atoms with van der Waals surface area (Å²) in [7, 11) is 2.13. The third-order valence-electron chi connectivity index (χ3n) is 4.90. The second kappa shape index (κ2) is 6.56. The van der Waals surface area contributed by atoms with Crippen LogP contribution in [0.25, 0.3) is 0 Å². The highest BCUT2D eigenvalue weighted by Crippen LogP contribution is 2.35. The normalized spacial score (nSPS) is 19.2. The average Bonchev–Trinajstić information content (AvgIpc) is 2.65. The minimum absolute atomic E-state index is 0.539. The van der Waals surface area contributed by atoms with E-state index in [0.29, 0.717) is 6.04 Å². The number of hydrogen-bond acceptors (Lipinski definition) is 1. The lowest BCUT2D eigenvalue weighted by Crippen LogP contribution is -2.26. The van der Waals surface area contributed by atoms with Crippen LogP contribution in [0, 0.1) is 26.7 Å². The molecule has 0 spiro atoms. The summed E-state index contributed by atoms with van der Waals surface area (Å²) < 4.78 is 0. The Hall–Kier alpha value is -0.820. The fourth-order valence-corrected chi connectivity index (χ4v) is 3.61. The van der Waals surface area contributed by atoms with Crippen LogP contribution in [0.15, 0.2) is 12.1 Å². The second-order valence-electron chi connectivity index (χ2n) is 6.31. The van der Waals surface area contributed by atoms with Crippen LogP contribution in [0.3, 0.4) is 0 Å². The zero-order valence-corrected chi connectivity index (χ0v) is 13.1. The predicted molar refractivity (Wildman–Crippen MR) is 83.6 cm³/mol. The maximum atomic E-state index is 3.60. The first kappa shape index (κ1) is 14.6. The quantitative estimate of drug-likeness (QED) is 0.766. The van der Waals surface area contributed by atoms with Gasteiger partial charge in [-0.1, -0.05) is 37.8 Å². The molecule has 1 aliphatic carbocycles. The van der Waals surface area contributed by atoms with Gasteiger partial charge in [0.05, 0.1) is 0 Å². The first-order valence-electron chi connectivity index (χ1n) is 7.88. The topological polar surface area (TPSA) is 12.0 Å². The van der Waals surface area contributed by atoms with Crippen LogP contribution in [0.5, 0.6) is 0 Å². The summed E-state index contributed by atoms with van der Waals surface area (Å²) in [4.78, 5) is 0. The molecule has 0 amide bonds. The van der Waals surface area contributed by atoms with Gasteiger partial charge in [0.2, 0.25) is 0 Å². The molecule has 1 aromatic carbocycles. The summed E-state index contributed by atoms with van der Waals surface area (Å²) in [6.45, 7) is 6.72. The highest BCUT2D eigenvalue weighted by atomic mass is 14.9. The lowest BCUT2D eigenvalue weighted by atomic mass is 9.84. The Labute approximate surface area is 118 Å². The molecule has 0 aliphatic heterocycles. The molecule has 2 rings (SSSR count). The van der Waals surface area contributed by atoms with Crippen molar-refractivity contribution in [2.45, 2.75) is 65.3 Å². The van der Waals surface area contributed by atoms with Crippen molar-refractivity contribution >= 4 is 0 Å². The minimum Gasteiger partial charge on any atom is -0.313 e. The van der Waals surface area contributed by atoms with E-state index >= 15 is 0 Å². The SMILES string of the molecule is CNC(c1cc(C)c(C)cc1C)C1CCCCCC1. The van der Waals surface area contributed by atoms with E-state index in [1.54, 1.807) is 0 Å². The molecule has 106 valence electrons. The van der Waals surface area contributed by atoms with Crippen LogP contribution >= 0.6 is 0 Å². The number of aryl methyl sites for hydroxylation is 3.